The average Bonchev–Trinajstić information content (AvgIpc) is 2.39. The third-order valence-electron chi connectivity index (χ3n) is 2.98. The summed E-state index contributed by atoms with van der Waals surface area (Å²) in [5.41, 5.74) is 0. The van der Waals surface area contributed by atoms with E-state index >= 15 is 0 Å². The molecule has 1 rings (SSSR count). The molecule has 0 amide bonds. The van der Waals surface area contributed by atoms with Gasteiger partial charge < -0.3 is 0 Å². The van der Waals surface area contributed by atoms with E-state index in [1.165, 1.54) is 12.1 Å². The highest BCUT2D eigenvalue weighted by Gasteiger charge is 2.17. The lowest BCUT2D eigenvalue weighted by Crippen LogP contribution is -2.29. The maximum Gasteiger partial charge on any atom is 0.240 e. The predicted octanol–water partition coefficient (Wildman–Crippen LogP) is 4.58. The SMILES string of the molecule is CCCC(CCBr)CNS(=O)(=O)c1ccc(Cl)c(Br)c1. The van der Waals surface area contributed by atoms with Crippen LogP contribution in [0.1, 0.15) is 26.2 Å². The number of sulfonamides is 1. The molecule has 3 nitrogen and oxygen atoms in total. The molecular weight excluding hydrogens is 429 g/mol. The van der Waals surface area contributed by atoms with Crippen LogP contribution in [-0.4, -0.2) is 20.3 Å². The first-order valence-corrected chi connectivity index (χ1v) is 10.2. The Hall–Kier alpha value is 0.380. The van der Waals surface area contributed by atoms with E-state index in [1.54, 1.807) is 6.07 Å². The van der Waals surface area contributed by atoms with Crippen LogP contribution < -0.4 is 4.72 Å². The van der Waals surface area contributed by atoms with E-state index in [1.807, 2.05) is 0 Å². The monoisotopic (exact) mass is 445 g/mol. The Morgan fingerprint density at radius 3 is 2.60 bits per heavy atom. The molecule has 114 valence electrons. The minimum atomic E-state index is -3.49. The molecule has 0 radical (unpaired) electrons. The molecule has 7 heteroatoms. The Balaban J connectivity index is 2.75. The molecule has 1 unspecified atom stereocenters. The summed E-state index contributed by atoms with van der Waals surface area (Å²) in [6.07, 6.45) is 3.02. The van der Waals surface area contributed by atoms with E-state index in [9.17, 15) is 8.42 Å². The molecule has 0 fully saturated rings. The van der Waals surface area contributed by atoms with Crippen LogP contribution in [0.2, 0.25) is 5.02 Å². The minimum Gasteiger partial charge on any atom is -0.211 e. The quantitative estimate of drug-likeness (QED) is 0.593. The van der Waals surface area contributed by atoms with Gasteiger partial charge in [-0.2, -0.15) is 0 Å². The second-order valence-electron chi connectivity index (χ2n) is 4.56. The summed E-state index contributed by atoms with van der Waals surface area (Å²) in [6.45, 7) is 2.56. The molecular formula is C13H18Br2ClNO2S. The van der Waals surface area contributed by atoms with Gasteiger partial charge in [-0.1, -0.05) is 40.9 Å². The number of hydrogen-bond donors (Lipinski definition) is 1. The van der Waals surface area contributed by atoms with Crippen molar-refractivity contribution in [3.63, 3.8) is 0 Å². The minimum absolute atomic E-state index is 0.225. The van der Waals surface area contributed by atoms with Gasteiger partial charge in [0, 0.05) is 16.3 Å². The van der Waals surface area contributed by atoms with Crippen molar-refractivity contribution in [2.45, 2.75) is 31.1 Å². The molecule has 0 aromatic heterocycles. The van der Waals surface area contributed by atoms with Crippen molar-refractivity contribution in [2.75, 3.05) is 11.9 Å². The summed E-state index contributed by atoms with van der Waals surface area (Å²) in [5, 5.41) is 1.37. The fourth-order valence-corrected chi connectivity index (χ4v) is 4.30. The number of benzene rings is 1. The first-order chi connectivity index (χ1) is 9.40. The average molecular weight is 448 g/mol. The highest BCUT2D eigenvalue weighted by Crippen LogP contribution is 2.25. The van der Waals surface area contributed by atoms with Gasteiger partial charge in [0.2, 0.25) is 10.0 Å². The smallest absolute Gasteiger partial charge is 0.211 e. The topological polar surface area (TPSA) is 46.2 Å². The van der Waals surface area contributed by atoms with Crippen molar-refractivity contribution in [3.05, 3.63) is 27.7 Å². The van der Waals surface area contributed by atoms with Crippen LogP contribution in [0.25, 0.3) is 0 Å². The van der Waals surface area contributed by atoms with E-state index in [2.05, 4.69) is 43.5 Å². The molecule has 0 bridgehead atoms. The Kier molecular flexibility index (Phi) is 8.05. The lowest BCUT2D eigenvalue weighted by Gasteiger charge is -2.16. The zero-order valence-corrected chi connectivity index (χ0v) is 15.9. The summed E-state index contributed by atoms with van der Waals surface area (Å²) >= 11 is 12.5. The molecule has 1 atom stereocenters. The Bertz CT molecular complexity index is 531. The Morgan fingerprint density at radius 1 is 1.35 bits per heavy atom. The molecule has 0 spiro atoms. The number of alkyl halides is 1. The molecule has 0 aliphatic carbocycles. The molecule has 1 aromatic carbocycles. The van der Waals surface area contributed by atoms with Crippen LogP contribution in [0.15, 0.2) is 27.6 Å². The highest BCUT2D eigenvalue weighted by atomic mass is 79.9. The van der Waals surface area contributed by atoms with Gasteiger partial charge in [0.05, 0.1) is 9.92 Å². The van der Waals surface area contributed by atoms with Gasteiger partial charge in [0.15, 0.2) is 0 Å². The zero-order chi connectivity index (χ0) is 15.2. The first-order valence-electron chi connectivity index (χ1n) is 6.41. The highest BCUT2D eigenvalue weighted by molar-refractivity contribution is 9.10. The van der Waals surface area contributed by atoms with Gasteiger partial charge in [0.25, 0.3) is 0 Å². The van der Waals surface area contributed by atoms with Crippen molar-refractivity contribution in [3.8, 4) is 0 Å². The normalized spacial score (nSPS) is 13.4. The van der Waals surface area contributed by atoms with Crippen molar-refractivity contribution < 1.29 is 8.42 Å². The third kappa shape index (κ3) is 5.64. The number of rotatable bonds is 8. The van der Waals surface area contributed by atoms with Crippen LogP contribution in [0.5, 0.6) is 0 Å². The van der Waals surface area contributed by atoms with Crippen molar-refractivity contribution in [2.24, 2.45) is 5.92 Å². The summed E-state index contributed by atoms with van der Waals surface area (Å²) in [5.74, 6) is 0.352. The molecule has 1 aromatic rings. The van der Waals surface area contributed by atoms with Gasteiger partial charge in [-0.25, -0.2) is 13.1 Å². The van der Waals surface area contributed by atoms with Gasteiger partial charge in [0.1, 0.15) is 0 Å². The van der Waals surface area contributed by atoms with Crippen LogP contribution in [0.4, 0.5) is 0 Å². The van der Waals surface area contributed by atoms with E-state index < -0.39 is 10.0 Å². The number of nitrogens with one attached hydrogen (secondary N) is 1. The fourth-order valence-electron chi connectivity index (χ4n) is 1.87. The first kappa shape index (κ1) is 18.4. The summed E-state index contributed by atoms with van der Waals surface area (Å²) in [4.78, 5) is 0.225. The van der Waals surface area contributed by atoms with E-state index in [-0.39, 0.29) is 4.90 Å². The fraction of sp³-hybridized carbons (Fsp3) is 0.538. The Morgan fingerprint density at radius 2 is 2.05 bits per heavy atom. The van der Waals surface area contributed by atoms with Gasteiger partial charge >= 0.3 is 0 Å². The van der Waals surface area contributed by atoms with Crippen molar-refractivity contribution >= 4 is 53.5 Å². The van der Waals surface area contributed by atoms with Crippen molar-refractivity contribution in [1.29, 1.82) is 0 Å². The van der Waals surface area contributed by atoms with Gasteiger partial charge in [-0.15, -0.1) is 0 Å². The largest absolute Gasteiger partial charge is 0.240 e. The molecule has 1 N–H and O–H groups in total. The third-order valence-corrected chi connectivity index (χ3v) is 6.07. The predicted molar refractivity (Wildman–Crippen MR) is 91.1 cm³/mol. The van der Waals surface area contributed by atoms with Crippen LogP contribution >= 0.6 is 43.5 Å². The van der Waals surface area contributed by atoms with Crippen molar-refractivity contribution in [1.82, 2.24) is 4.72 Å². The van der Waals surface area contributed by atoms with E-state index in [0.717, 1.165) is 24.6 Å². The molecule has 0 heterocycles. The lowest BCUT2D eigenvalue weighted by molar-refractivity contribution is 0.459. The zero-order valence-electron chi connectivity index (χ0n) is 11.2. The standard InChI is InChI=1S/C13H18Br2ClNO2S/c1-2-3-10(6-7-14)9-17-20(18,19)11-4-5-13(16)12(15)8-11/h4-5,8,10,17H,2-3,6-7,9H2,1H3. The summed E-state index contributed by atoms with van der Waals surface area (Å²) in [6, 6.07) is 4.60. The molecule has 0 saturated heterocycles. The maximum absolute atomic E-state index is 12.2. The van der Waals surface area contributed by atoms with Gasteiger partial charge in [-0.3, -0.25) is 0 Å². The van der Waals surface area contributed by atoms with E-state index in [4.69, 9.17) is 11.6 Å². The van der Waals surface area contributed by atoms with Crippen LogP contribution in [0.3, 0.4) is 0 Å². The Labute approximate surface area is 142 Å². The molecule has 0 saturated carbocycles. The number of halogens is 3. The second-order valence-corrected chi connectivity index (χ2v) is 8.38. The lowest BCUT2D eigenvalue weighted by atomic mass is 10.0. The second kappa shape index (κ2) is 8.73. The van der Waals surface area contributed by atoms with Crippen LogP contribution in [-0.2, 0) is 10.0 Å². The van der Waals surface area contributed by atoms with E-state index in [0.29, 0.717) is 22.0 Å². The molecule has 0 aliphatic rings. The van der Waals surface area contributed by atoms with Gasteiger partial charge in [-0.05, 0) is 52.9 Å². The summed E-state index contributed by atoms with van der Waals surface area (Å²) in [7, 11) is -3.49. The maximum atomic E-state index is 12.2. The molecule has 20 heavy (non-hydrogen) atoms. The number of hydrogen-bond acceptors (Lipinski definition) is 2. The molecule has 0 aliphatic heterocycles. The summed E-state index contributed by atoms with van der Waals surface area (Å²) < 4.78 is 27.7. The van der Waals surface area contributed by atoms with Crippen LogP contribution in [0, 0.1) is 5.92 Å².